The minimum atomic E-state index is -3.65. The molecule has 1 unspecified atom stereocenters. The van der Waals surface area contributed by atoms with Crippen LogP contribution in [0.1, 0.15) is 57.4 Å². The summed E-state index contributed by atoms with van der Waals surface area (Å²) in [5.41, 5.74) is 0.966. The molecule has 1 heterocycles. The fourth-order valence-electron chi connectivity index (χ4n) is 5.05. The highest BCUT2D eigenvalue weighted by Crippen LogP contribution is 2.36. The largest absolute Gasteiger partial charge is 0.454 e. The molecule has 2 aliphatic rings. The molecule has 2 aromatic carbocycles. The number of nitrogens with zero attached hydrogens (tertiary/aromatic N) is 2. The van der Waals surface area contributed by atoms with Gasteiger partial charge >= 0.3 is 0 Å². The standard InChI is InChI=1S/C28H35Cl2N3O6S/c1-19(28(35)31-20-8-4-3-5-9-20)32(17-22-23(29)10-6-11-24(22)30)27(34)12-7-15-33(40(2,36)37)21-13-14-25-26(16-21)39-18-38-25/h6,10-11,13-14,16,19-20H,3-5,7-9,12,15,17-18H2,1-2H3,(H,31,35). The van der Waals surface area contributed by atoms with E-state index < -0.39 is 16.1 Å². The molecular formula is C28H35Cl2N3O6S. The first-order valence-electron chi connectivity index (χ1n) is 13.4. The summed E-state index contributed by atoms with van der Waals surface area (Å²) in [5.74, 6) is 0.465. The number of ether oxygens (including phenoxy) is 2. The summed E-state index contributed by atoms with van der Waals surface area (Å²) in [6.07, 6.45) is 6.49. The number of hydrogen-bond donors (Lipinski definition) is 1. The highest BCUT2D eigenvalue weighted by Gasteiger charge is 2.29. The molecule has 0 spiro atoms. The molecular weight excluding hydrogens is 577 g/mol. The lowest BCUT2D eigenvalue weighted by Crippen LogP contribution is -2.50. The van der Waals surface area contributed by atoms with Gasteiger partial charge in [0.2, 0.25) is 28.6 Å². The topological polar surface area (TPSA) is 105 Å². The lowest BCUT2D eigenvalue weighted by molar-refractivity contribution is -0.141. The first kappa shape index (κ1) is 30.3. The van der Waals surface area contributed by atoms with Gasteiger partial charge in [-0.15, -0.1) is 0 Å². The smallest absolute Gasteiger partial charge is 0.242 e. The van der Waals surface area contributed by atoms with Crippen LogP contribution >= 0.6 is 23.2 Å². The Bertz CT molecular complexity index is 1310. The SMILES string of the molecule is CC(C(=O)NC1CCCCC1)N(Cc1c(Cl)cccc1Cl)C(=O)CCCN(c1ccc2c(c1)OCO2)S(C)(=O)=O. The van der Waals surface area contributed by atoms with Gasteiger partial charge in [0.25, 0.3) is 0 Å². The van der Waals surface area contributed by atoms with Crippen molar-refractivity contribution in [1.29, 1.82) is 0 Å². The van der Waals surface area contributed by atoms with Crippen LogP contribution in [-0.4, -0.2) is 56.8 Å². The first-order valence-corrected chi connectivity index (χ1v) is 16.0. The van der Waals surface area contributed by atoms with E-state index in [-0.39, 0.29) is 50.6 Å². The third-order valence-corrected chi connectivity index (χ3v) is 9.21. The molecule has 40 heavy (non-hydrogen) atoms. The van der Waals surface area contributed by atoms with E-state index >= 15 is 0 Å². The number of carbonyl (C=O) groups is 2. The van der Waals surface area contributed by atoms with Crippen molar-refractivity contribution in [1.82, 2.24) is 10.2 Å². The molecule has 1 atom stereocenters. The number of benzene rings is 2. The number of hydrogen-bond acceptors (Lipinski definition) is 6. The van der Waals surface area contributed by atoms with Crippen LogP contribution < -0.4 is 19.1 Å². The van der Waals surface area contributed by atoms with E-state index in [0.29, 0.717) is 32.8 Å². The minimum Gasteiger partial charge on any atom is -0.454 e. The molecule has 9 nitrogen and oxygen atoms in total. The molecule has 0 radical (unpaired) electrons. The average molecular weight is 613 g/mol. The second kappa shape index (κ2) is 13.3. The van der Waals surface area contributed by atoms with Crippen molar-refractivity contribution in [2.45, 2.75) is 70.5 Å². The Hall–Kier alpha value is -2.69. The van der Waals surface area contributed by atoms with Crippen molar-refractivity contribution in [3.05, 3.63) is 52.0 Å². The molecule has 4 rings (SSSR count). The molecule has 0 saturated heterocycles. The Morgan fingerprint density at radius 1 is 1.05 bits per heavy atom. The molecule has 1 aliphatic heterocycles. The molecule has 1 N–H and O–H groups in total. The van der Waals surface area contributed by atoms with Gasteiger partial charge in [0.05, 0.1) is 11.9 Å². The maximum absolute atomic E-state index is 13.6. The number of anilines is 1. The number of fused-ring (bicyclic) bond motifs is 1. The summed E-state index contributed by atoms with van der Waals surface area (Å²) < 4.78 is 37.2. The molecule has 2 aromatic rings. The number of carbonyl (C=O) groups excluding carboxylic acids is 2. The summed E-state index contributed by atoms with van der Waals surface area (Å²) in [7, 11) is -3.65. The summed E-state index contributed by atoms with van der Waals surface area (Å²) in [6, 6.07) is 9.31. The van der Waals surface area contributed by atoms with Crippen molar-refractivity contribution in [3.63, 3.8) is 0 Å². The van der Waals surface area contributed by atoms with Gasteiger partial charge in [-0.1, -0.05) is 48.5 Å². The van der Waals surface area contributed by atoms with Gasteiger partial charge in [-0.05, 0) is 50.5 Å². The number of nitrogens with one attached hydrogen (secondary N) is 1. The number of sulfonamides is 1. The normalized spacial score (nSPS) is 15.9. The van der Waals surface area contributed by atoms with Crippen molar-refractivity contribution < 1.29 is 27.5 Å². The van der Waals surface area contributed by atoms with Gasteiger partial charge in [-0.2, -0.15) is 0 Å². The molecule has 218 valence electrons. The van der Waals surface area contributed by atoms with Crippen molar-refractivity contribution in [3.8, 4) is 11.5 Å². The third kappa shape index (κ3) is 7.53. The van der Waals surface area contributed by atoms with Crippen LogP contribution in [0.15, 0.2) is 36.4 Å². The zero-order chi connectivity index (χ0) is 28.9. The van der Waals surface area contributed by atoms with Gasteiger partial charge in [-0.3, -0.25) is 13.9 Å². The molecule has 1 saturated carbocycles. The van der Waals surface area contributed by atoms with Crippen LogP contribution in [0, 0.1) is 0 Å². The predicted molar refractivity (Wildman–Crippen MR) is 155 cm³/mol. The van der Waals surface area contributed by atoms with Crippen molar-refractivity contribution >= 4 is 50.7 Å². The zero-order valence-corrected chi connectivity index (χ0v) is 25.0. The Kier molecular flexibility index (Phi) is 10.1. The Morgan fingerprint density at radius 2 is 1.73 bits per heavy atom. The Morgan fingerprint density at radius 3 is 2.40 bits per heavy atom. The number of rotatable bonds is 11. The van der Waals surface area contributed by atoms with Crippen molar-refractivity contribution in [2.24, 2.45) is 0 Å². The average Bonchev–Trinajstić information content (AvgIpc) is 3.38. The highest BCUT2D eigenvalue weighted by atomic mass is 35.5. The second-order valence-corrected chi connectivity index (χ2v) is 12.9. The summed E-state index contributed by atoms with van der Waals surface area (Å²) in [6.45, 7) is 1.88. The quantitative estimate of drug-likeness (QED) is 0.377. The van der Waals surface area contributed by atoms with E-state index in [9.17, 15) is 18.0 Å². The number of amides is 2. The Labute approximate surface area is 245 Å². The molecule has 0 aromatic heterocycles. The third-order valence-electron chi connectivity index (χ3n) is 7.31. The van der Waals surface area contributed by atoms with E-state index in [2.05, 4.69) is 5.32 Å². The summed E-state index contributed by atoms with van der Waals surface area (Å²) in [5, 5.41) is 3.90. The van der Waals surface area contributed by atoms with Crippen LogP contribution in [-0.2, 0) is 26.2 Å². The first-order chi connectivity index (χ1) is 19.0. The fraction of sp³-hybridized carbons (Fsp3) is 0.500. The van der Waals surface area contributed by atoms with E-state index in [1.807, 2.05) is 0 Å². The van der Waals surface area contributed by atoms with E-state index in [4.69, 9.17) is 32.7 Å². The molecule has 0 bridgehead atoms. The summed E-state index contributed by atoms with van der Waals surface area (Å²) in [4.78, 5) is 28.3. The van der Waals surface area contributed by atoms with E-state index in [1.165, 1.54) is 9.21 Å². The van der Waals surface area contributed by atoms with Gasteiger partial charge in [-0.25, -0.2) is 8.42 Å². The molecule has 1 aliphatic carbocycles. The molecule has 1 fully saturated rings. The van der Waals surface area contributed by atoms with Gasteiger partial charge in [0.15, 0.2) is 11.5 Å². The monoisotopic (exact) mass is 611 g/mol. The zero-order valence-electron chi connectivity index (χ0n) is 22.7. The fourth-order valence-corrected chi connectivity index (χ4v) is 6.52. The second-order valence-electron chi connectivity index (χ2n) is 10.2. The van der Waals surface area contributed by atoms with Crippen molar-refractivity contribution in [2.75, 3.05) is 23.9 Å². The van der Waals surface area contributed by atoms with Gasteiger partial charge in [0.1, 0.15) is 6.04 Å². The van der Waals surface area contributed by atoms with Gasteiger partial charge in [0, 0.05) is 47.2 Å². The minimum absolute atomic E-state index is 0.0136. The van der Waals surface area contributed by atoms with Crippen LogP contribution in [0.25, 0.3) is 0 Å². The van der Waals surface area contributed by atoms with Gasteiger partial charge < -0.3 is 19.7 Å². The molecule has 12 heteroatoms. The van der Waals surface area contributed by atoms with Crippen LogP contribution in [0.5, 0.6) is 11.5 Å². The maximum atomic E-state index is 13.6. The Balaban J connectivity index is 1.48. The highest BCUT2D eigenvalue weighted by molar-refractivity contribution is 7.92. The van der Waals surface area contributed by atoms with Crippen LogP contribution in [0.4, 0.5) is 5.69 Å². The molecule has 2 amide bonds. The van der Waals surface area contributed by atoms with E-state index in [0.717, 1.165) is 38.4 Å². The van der Waals surface area contributed by atoms with Crippen LogP contribution in [0.2, 0.25) is 10.0 Å². The lowest BCUT2D eigenvalue weighted by atomic mass is 9.95. The lowest BCUT2D eigenvalue weighted by Gasteiger charge is -2.32. The van der Waals surface area contributed by atoms with E-state index in [1.54, 1.807) is 43.3 Å². The maximum Gasteiger partial charge on any atom is 0.242 e. The number of halogens is 2. The predicted octanol–water partition coefficient (Wildman–Crippen LogP) is 5.13. The summed E-state index contributed by atoms with van der Waals surface area (Å²) >= 11 is 12.8. The van der Waals surface area contributed by atoms with Crippen LogP contribution in [0.3, 0.4) is 0 Å².